The molecular formula is C14H10FN3O3S. The van der Waals surface area contributed by atoms with Gasteiger partial charge in [0.25, 0.3) is 11.6 Å². The number of benzene rings is 2. The van der Waals surface area contributed by atoms with Gasteiger partial charge in [0.05, 0.1) is 4.92 Å². The maximum Gasteiger partial charge on any atom is 0.271 e. The van der Waals surface area contributed by atoms with Gasteiger partial charge in [0.15, 0.2) is 5.11 Å². The second-order valence-corrected chi connectivity index (χ2v) is 4.63. The number of nitro groups is 1. The van der Waals surface area contributed by atoms with Crippen molar-refractivity contribution in [3.63, 3.8) is 0 Å². The number of anilines is 1. The number of carbonyl (C=O) groups is 1. The van der Waals surface area contributed by atoms with Crippen molar-refractivity contribution in [2.45, 2.75) is 0 Å². The Hall–Kier alpha value is -2.87. The Morgan fingerprint density at radius 1 is 1.18 bits per heavy atom. The molecule has 0 unspecified atom stereocenters. The van der Waals surface area contributed by atoms with E-state index in [1.165, 1.54) is 36.4 Å². The summed E-state index contributed by atoms with van der Waals surface area (Å²) in [6.07, 6.45) is 0. The van der Waals surface area contributed by atoms with Crippen molar-refractivity contribution in [1.29, 1.82) is 0 Å². The Morgan fingerprint density at radius 3 is 2.59 bits per heavy atom. The van der Waals surface area contributed by atoms with Crippen LogP contribution >= 0.6 is 12.2 Å². The van der Waals surface area contributed by atoms with Gasteiger partial charge in [0, 0.05) is 23.4 Å². The van der Waals surface area contributed by atoms with E-state index < -0.39 is 16.6 Å². The van der Waals surface area contributed by atoms with E-state index in [-0.39, 0.29) is 16.4 Å². The molecule has 0 spiro atoms. The highest BCUT2D eigenvalue weighted by atomic mass is 32.1. The first-order valence-corrected chi connectivity index (χ1v) is 6.49. The summed E-state index contributed by atoms with van der Waals surface area (Å²) in [4.78, 5) is 22.0. The Morgan fingerprint density at radius 2 is 1.91 bits per heavy atom. The quantitative estimate of drug-likeness (QED) is 0.516. The van der Waals surface area contributed by atoms with E-state index in [1.807, 2.05) is 0 Å². The number of non-ortho nitro benzene ring substituents is 1. The van der Waals surface area contributed by atoms with Crippen molar-refractivity contribution in [3.05, 3.63) is 70.0 Å². The van der Waals surface area contributed by atoms with E-state index in [0.29, 0.717) is 5.69 Å². The maximum absolute atomic E-state index is 13.0. The molecule has 6 nitrogen and oxygen atoms in total. The smallest absolute Gasteiger partial charge is 0.271 e. The highest BCUT2D eigenvalue weighted by Crippen LogP contribution is 2.16. The van der Waals surface area contributed by atoms with E-state index >= 15 is 0 Å². The molecule has 0 aliphatic carbocycles. The van der Waals surface area contributed by atoms with Gasteiger partial charge in [-0.15, -0.1) is 0 Å². The average molecular weight is 319 g/mol. The lowest BCUT2D eigenvalue weighted by Gasteiger charge is -2.09. The van der Waals surface area contributed by atoms with Crippen molar-refractivity contribution in [3.8, 4) is 0 Å². The van der Waals surface area contributed by atoms with Crippen molar-refractivity contribution in [1.82, 2.24) is 5.32 Å². The predicted molar refractivity (Wildman–Crippen MR) is 83.2 cm³/mol. The molecule has 0 aromatic heterocycles. The standard InChI is InChI=1S/C14H10FN3O3S/c15-10-4-1-3-9(7-10)13(19)17-14(22)16-11-5-2-6-12(8-11)18(20)21/h1-8H,(H2,16,17,19,22). The Labute approximate surface area is 130 Å². The molecule has 0 saturated carbocycles. The molecule has 2 N–H and O–H groups in total. The zero-order valence-electron chi connectivity index (χ0n) is 11.1. The Balaban J connectivity index is 2.02. The number of nitrogens with one attached hydrogen (secondary N) is 2. The summed E-state index contributed by atoms with van der Waals surface area (Å²) in [5.74, 6) is -1.12. The summed E-state index contributed by atoms with van der Waals surface area (Å²) < 4.78 is 13.0. The van der Waals surface area contributed by atoms with Crippen LogP contribution in [0.2, 0.25) is 0 Å². The van der Waals surface area contributed by atoms with E-state index in [4.69, 9.17) is 12.2 Å². The lowest BCUT2D eigenvalue weighted by Crippen LogP contribution is -2.34. The molecule has 2 rings (SSSR count). The summed E-state index contributed by atoms with van der Waals surface area (Å²) in [6, 6.07) is 10.8. The van der Waals surface area contributed by atoms with Gasteiger partial charge in [-0.3, -0.25) is 20.2 Å². The van der Waals surface area contributed by atoms with Crippen molar-refractivity contribution in [2.24, 2.45) is 0 Å². The van der Waals surface area contributed by atoms with Crippen molar-refractivity contribution < 1.29 is 14.1 Å². The molecule has 22 heavy (non-hydrogen) atoms. The van der Waals surface area contributed by atoms with Crippen LogP contribution in [-0.4, -0.2) is 15.9 Å². The molecular weight excluding hydrogens is 309 g/mol. The van der Waals surface area contributed by atoms with Crippen LogP contribution in [0.3, 0.4) is 0 Å². The number of nitro benzene ring substituents is 1. The third-order valence-corrected chi connectivity index (χ3v) is 2.83. The maximum atomic E-state index is 13.0. The van der Waals surface area contributed by atoms with Crippen molar-refractivity contribution >= 4 is 34.6 Å². The van der Waals surface area contributed by atoms with E-state index in [0.717, 1.165) is 6.07 Å². The first-order valence-electron chi connectivity index (χ1n) is 6.08. The largest absolute Gasteiger partial charge is 0.332 e. The van der Waals surface area contributed by atoms with Crippen LogP contribution in [0, 0.1) is 15.9 Å². The molecule has 0 bridgehead atoms. The third-order valence-electron chi connectivity index (χ3n) is 2.63. The first kappa shape index (κ1) is 15.5. The number of rotatable bonds is 3. The Kier molecular flexibility index (Phi) is 4.74. The molecule has 0 aliphatic rings. The number of hydrogen-bond acceptors (Lipinski definition) is 4. The number of nitrogens with zero attached hydrogens (tertiary/aromatic N) is 1. The van der Waals surface area contributed by atoms with Gasteiger partial charge in [-0.2, -0.15) is 0 Å². The van der Waals surface area contributed by atoms with Gasteiger partial charge in [-0.05, 0) is 36.5 Å². The number of thiocarbonyl (C=S) groups is 1. The number of hydrogen-bond donors (Lipinski definition) is 2. The minimum absolute atomic E-state index is 0.0465. The highest BCUT2D eigenvalue weighted by molar-refractivity contribution is 7.80. The van der Waals surface area contributed by atoms with Crippen LogP contribution in [0.15, 0.2) is 48.5 Å². The zero-order chi connectivity index (χ0) is 16.1. The summed E-state index contributed by atoms with van der Waals surface area (Å²) in [5, 5.41) is 15.6. The van der Waals surface area contributed by atoms with Crippen LogP contribution in [0.25, 0.3) is 0 Å². The van der Waals surface area contributed by atoms with E-state index in [9.17, 15) is 19.3 Å². The average Bonchev–Trinajstić information content (AvgIpc) is 2.47. The molecule has 0 atom stereocenters. The molecule has 1 amide bonds. The van der Waals surface area contributed by atoms with Crippen LogP contribution < -0.4 is 10.6 Å². The fourth-order valence-electron chi connectivity index (χ4n) is 1.66. The van der Waals surface area contributed by atoms with Crippen molar-refractivity contribution in [2.75, 3.05) is 5.32 Å². The summed E-state index contributed by atoms with van der Waals surface area (Å²) in [6.45, 7) is 0. The molecule has 0 radical (unpaired) electrons. The molecule has 2 aromatic carbocycles. The molecule has 112 valence electrons. The molecule has 0 saturated heterocycles. The van der Waals surface area contributed by atoms with Crippen LogP contribution in [-0.2, 0) is 0 Å². The molecule has 8 heteroatoms. The van der Waals surface area contributed by atoms with Gasteiger partial charge >= 0.3 is 0 Å². The summed E-state index contributed by atoms with van der Waals surface area (Å²) in [5.41, 5.74) is 0.367. The highest BCUT2D eigenvalue weighted by Gasteiger charge is 2.10. The van der Waals surface area contributed by atoms with Gasteiger partial charge < -0.3 is 5.32 Å². The SMILES string of the molecule is O=C(NC(=S)Nc1cccc([N+](=O)[O-])c1)c1cccc(F)c1. The second-order valence-electron chi connectivity index (χ2n) is 4.23. The van der Waals surface area contributed by atoms with Crippen LogP contribution in [0.1, 0.15) is 10.4 Å². The van der Waals surface area contributed by atoms with Crippen LogP contribution in [0.5, 0.6) is 0 Å². The van der Waals surface area contributed by atoms with Crippen LogP contribution in [0.4, 0.5) is 15.8 Å². The zero-order valence-corrected chi connectivity index (χ0v) is 11.9. The first-order chi connectivity index (χ1) is 10.5. The topological polar surface area (TPSA) is 84.3 Å². The minimum atomic E-state index is -0.581. The second kappa shape index (κ2) is 6.72. The lowest BCUT2D eigenvalue weighted by molar-refractivity contribution is -0.384. The van der Waals surface area contributed by atoms with Gasteiger partial charge in [-0.25, -0.2) is 4.39 Å². The molecule has 0 aliphatic heterocycles. The number of halogens is 1. The molecule has 0 heterocycles. The van der Waals surface area contributed by atoms with Gasteiger partial charge in [-0.1, -0.05) is 12.1 Å². The van der Waals surface area contributed by atoms with E-state index in [1.54, 1.807) is 6.07 Å². The number of amides is 1. The fraction of sp³-hybridized carbons (Fsp3) is 0. The summed E-state index contributed by atoms with van der Waals surface area (Å²) in [7, 11) is 0. The monoisotopic (exact) mass is 319 g/mol. The van der Waals surface area contributed by atoms with Gasteiger partial charge in [0.2, 0.25) is 0 Å². The Bertz CT molecular complexity index is 752. The predicted octanol–water partition coefficient (Wildman–Crippen LogP) is 2.86. The minimum Gasteiger partial charge on any atom is -0.332 e. The molecule has 0 fully saturated rings. The number of carbonyl (C=O) groups excluding carboxylic acids is 1. The normalized spacial score (nSPS) is 9.86. The third kappa shape index (κ3) is 4.06. The molecule has 2 aromatic rings. The fourth-order valence-corrected chi connectivity index (χ4v) is 1.88. The van der Waals surface area contributed by atoms with E-state index in [2.05, 4.69) is 10.6 Å². The van der Waals surface area contributed by atoms with Gasteiger partial charge in [0.1, 0.15) is 5.82 Å². The lowest BCUT2D eigenvalue weighted by atomic mass is 10.2. The summed E-state index contributed by atoms with van der Waals surface area (Å²) >= 11 is 4.95.